The molecule has 3 aromatic heterocycles. The van der Waals surface area contributed by atoms with Gasteiger partial charge in [0.1, 0.15) is 6.26 Å². The first-order valence-electron chi connectivity index (χ1n) is 6.71. The molecule has 7 heteroatoms. The van der Waals surface area contributed by atoms with Crippen molar-refractivity contribution >= 4 is 17.4 Å². The third-order valence-electron chi connectivity index (χ3n) is 2.87. The van der Waals surface area contributed by atoms with E-state index in [1.54, 1.807) is 23.8 Å². The summed E-state index contributed by atoms with van der Waals surface area (Å²) in [7, 11) is 0. The Morgan fingerprint density at radius 2 is 2.00 bits per heavy atom. The van der Waals surface area contributed by atoms with Crippen LogP contribution in [0.1, 0.15) is 11.4 Å². The smallest absolute Gasteiger partial charge is 0.315 e. The van der Waals surface area contributed by atoms with Crippen LogP contribution in [0.5, 0.6) is 0 Å². The molecule has 0 aliphatic carbocycles. The summed E-state index contributed by atoms with van der Waals surface area (Å²) in [5, 5.41) is 7.43. The maximum atomic E-state index is 11.7. The molecule has 22 heavy (non-hydrogen) atoms. The lowest BCUT2D eigenvalue weighted by atomic mass is 10.3. The van der Waals surface area contributed by atoms with Crippen LogP contribution in [0.4, 0.5) is 4.79 Å². The van der Waals surface area contributed by atoms with Crippen molar-refractivity contribution in [2.24, 2.45) is 0 Å². The fourth-order valence-electron chi connectivity index (χ4n) is 1.81. The summed E-state index contributed by atoms with van der Waals surface area (Å²) in [5.74, 6) is 0.570. The minimum absolute atomic E-state index is 0.272. The van der Waals surface area contributed by atoms with E-state index in [0.29, 0.717) is 24.7 Å². The molecule has 2 N–H and O–H groups in total. The first-order chi connectivity index (χ1) is 10.8. The van der Waals surface area contributed by atoms with Gasteiger partial charge in [-0.15, -0.1) is 11.3 Å². The monoisotopic (exact) mass is 314 g/mol. The number of carbonyl (C=O) groups excluding carboxylic acids is 1. The summed E-state index contributed by atoms with van der Waals surface area (Å²) in [5.41, 5.74) is 1.48. The molecule has 3 heterocycles. The van der Waals surface area contributed by atoms with Gasteiger partial charge in [0.25, 0.3) is 0 Å². The highest BCUT2D eigenvalue weighted by Crippen LogP contribution is 2.23. The Hall–Kier alpha value is -2.67. The fraction of sp³-hybridized carbons (Fsp3) is 0.133. The Bertz CT molecular complexity index is 725. The van der Waals surface area contributed by atoms with Crippen molar-refractivity contribution in [1.82, 2.24) is 20.6 Å². The topological polar surface area (TPSA) is 80.0 Å². The standard InChI is InChI=1S/C15H14N4O2S/c20-15(17-8-11-4-1-2-6-16-11)18-9-12-10-21-14(19-12)13-5-3-7-22-13/h1-7,10H,8-9H2,(H2,17,18,20). The minimum Gasteiger partial charge on any atom is -0.443 e. The fourth-order valence-corrected chi connectivity index (χ4v) is 2.46. The number of nitrogens with one attached hydrogen (secondary N) is 2. The summed E-state index contributed by atoms with van der Waals surface area (Å²) < 4.78 is 5.39. The molecule has 0 aliphatic heterocycles. The molecule has 0 aliphatic rings. The molecular formula is C15H14N4O2S. The van der Waals surface area contributed by atoms with E-state index < -0.39 is 0 Å². The van der Waals surface area contributed by atoms with Crippen molar-refractivity contribution in [1.29, 1.82) is 0 Å². The van der Waals surface area contributed by atoms with Gasteiger partial charge in [-0.1, -0.05) is 12.1 Å². The molecule has 3 rings (SSSR count). The number of rotatable bonds is 5. The second-order valence-electron chi connectivity index (χ2n) is 4.48. The van der Waals surface area contributed by atoms with Crippen LogP contribution in [0.15, 0.2) is 52.6 Å². The quantitative estimate of drug-likeness (QED) is 0.759. The maximum absolute atomic E-state index is 11.7. The molecule has 112 valence electrons. The lowest BCUT2D eigenvalue weighted by Crippen LogP contribution is -2.34. The van der Waals surface area contributed by atoms with E-state index >= 15 is 0 Å². The zero-order valence-electron chi connectivity index (χ0n) is 11.7. The molecule has 0 saturated heterocycles. The number of aromatic nitrogens is 2. The number of oxazole rings is 1. The van der Waals surface area contributed by atoms with Crippen LogP contribution in [0.3, 0.4) is 0 Å². The predicted octanol–water partition coefficient (Wildman–Crippen LogP) is 2.80. The number of thiophene rings is 1. The van der Waals surface area contributed by atoms with E-state index in [0.717, 1.165) is 10.6 Å². The van der Waals surface area contributed by atoms with E-state index in [4.69, 9.17) is 4.42 Å². The van der Waals surface area contributed by atoms with Gasteiger partial charge in [-0.3, -0.25) is 4.98 Å². The Labute approximate surface area is 131 Å². The molecule has 0 atom stereocenters. The summed E-state index contributed by atoms with van der Waals surface area (Å²) in [6.07, 6.45) is 3.24. The summed E-state index contributed by atoms with van der Waals surface area (Å²) >= 11 is 1.56. The Kier molecular flexibility index (Phi) is 4.45. The molecule has 0 spiro atoms. The number of hydrogen-bond donors (Lipinski definition) is 2. The number of carbonyl (C=O) groups is 1. The molecule has 0 unspecified atom stereocenters. The van der Waals surface area contributed by atoms with Gasteiger partial charge in [-0.05, 0) is 23.6 Å². The molecule has 2 amide bonds. The van der Waals surface area contributed by atoms with Crippen LogP contribution < -0.4 is 10.6 Å². The largest absolute Gasteiger partial charge is 0.443 e. The molecule has 0 radical (unpaired) electrons. The maximum Gasteiger partial charge on any atom is 0.315 e. The molecular weight excluding hydrogens is 300 g/mol. The van der Waals surface area contributed by atoms with Crippen LogP contribution in [0.25, 0.3) is 10.8 Å². The third kappa shape index (κ3) is 3.70. The van der Waals surface area contributed by atoms with Crippen molar-refractivity contribution in [2.75, 3.05) is 0 Å². The summed E-state index contributed by atoms with van der Waals surface area (Å²) in [4.78, 5) is 21.1. The van der Waals surface area contributed by atoms with Gasteiger partial charge in [0.15, 0.2) is 0 Å². The Morgan fingerprint density at radius 1 is 1.14 bits per heavy atom. The molecule has 0 aromatic carbocycles. The van der Waals surface area contributed by atoms with Crippen molar-refractivity contribution in [2.45, 2.75) is 13.1 Å². The van der Waals surface area contributed by atoms with E-state index in [2.05, 4.69) is 20.6 Å². The van der Waals surface area contributed by atoms with Crippen molar-refractivity contribution in [3.63, 3.8) is 0 Å². The normalized spacial score (nSPS) is 10.4. The highest BCUT2D eigenvalue weighted by atomic mass is 32.1. The highest BCUT2D eigenvalue weighted by molar-refractivity contribution is 7.13. The van der Waals surface area contributed by atoms with Crippen molar-refractivity contribution < 1.29 is 9.21 Å². The first kappa shape index (κ1) is 14.3. The van der Waals surface area contributed by atoms with Crippen LogP contribution in [-0.2, 0) is 13.1 Å². The Balaban J connectivity index is 1.47. The van der Waals surface area contributed by atoms with Gasteiger partial charge in [0.2, 0.25) is 5.89 Å². The zero-order chi connectivity index (χ0) is 15.2. The predicted molar refractivity (Wildman–Crippen MR) is 83.1 cm³/mol. The van der Waals surface area contributed by atoms with Crippen LogP contribution in [-0.4, -0.2) is 16.0 Å². The van der Waals surface area contributed by atoms with Crippen LogP contribution in [0.2, 0.25) is 0 Å². The average Bonchev–Trinajstić information content (AvgIpc) is 3.22. The lowest BCUT2D eigenvalue weighted by molar-refractivity contribution is 0.240. The Morgan fingerprint density at radius 3 is 2.73 bits per heavy atom. The number of amides is 2. The second-order valence-corrected chi connectivity index (χ2v) is 5.43. The van der Waals surface area contributed by atoms with E-state index in [1.165, 1.54) is 0 Å². The van der Waals surface area contributed by atoms with Gasteiger partial charge in [0, 0.05) is 6.20 Å². The number of pyridine rings is 1. The van der Waals surface area contributed by atoms with Gasteiger partial charge < -0.3 is 15.1 Å². The van der Waals surface area contributed by atoms with Gasteiger partial charge in [0.05, 0.1) is 29.4 Å². The summed E-state index contributed by atoms with van der Waals surface area (Å²) in [6.45, 7) is 0.689. The van der Waals surface area contributed by atoms with Gasteiger partial charge >= 0.3 is 6.03 Å². The SMILES string of the molecule is O=C(NCc1ccccn1)NCc1coc(-c2cccs2)n1. The molecule has 6 nitrogen and oxygen atoms in total. The lowest BCUT2D eigenvalue weighted by Gasteiger charge is -2.05. The van der Waals surface area contributed by atoms with Gasteiger partial charge in [-0.2, -0.15) is 0 Å². The van der Waals surface area contributed by atoms with Crippen molar-refractivity contribution in [3.05, 3.63) is 59.6 Å². The van der Waals surface area contributed by atoms with Crippen LogP contribution >= 0.6 is 11.3 Å². The zero-order valence-corrected chi connectivity index (χ0v) is 12.5. The van der Waals surface area contributed by atoms with E-state index in [1.807, 2.05) is 35.7 Å². The van der Waals surface area contributed by atoms with Gasteiger partial charge in [-0.25, -0.2) is 9.78 Å². The molecule has 0 saturated carbocycles. The van der Waals surface area contributed by atoms with Crippen molar-refractivity contribution in [3.8, 4) is 10.8 Å². The minimum atomic E-state index is -0.272. The molecule has 0 bridgehead atoms. The second kappa shape index (κ2) is 6.86. The van der Waals surface area contributed by atoms with E-state index in [9.17, 15) is 4.79 Å². The highest BCUT2D eigenvalue weighted by Gasteiger charge is 2.08. The summed E-state index contributed by atoms with van der Waals surface area (Å²) in [6, 6.07) is 9.17. The first-order valence-corrected chi connectivity index (χ1v) is 7.59. The van der Waals surface area contributed by atoms with E-state index in [-0.39, 0.29) is 6.03 Å². The molecule has 3 aromatic rings. The number of hydrogen-bond acceptors (Lipinski definition) is 5. The van der Waals surface area contributed by atoms with Crippen LogP contribution in [0, 0.1) is 0 Å². The molecule has 0 fully saturated rings. The average molecular weight is 314 g/mol. The number of urea groups is 1. The number of nitrogens with zero attached hydrogens (tertiary/aromatic N) is 2. The third-order valence-corrected chi connectivity index (χ3v) is 3.73.